The number of aryl methyl sites for hydroxylation is 1. The number of halogens is 1. The molecule has 0 spiro atoms. The molecule has 0 bridgehead atoms. The smallest absolute Gasteiger partial charge is 0.321 e. The molecule has 1 rings (SSSR count). The van der Waals surface area contributed by atoms with E-state index in [1.54, 1.807) is 26.8 Å². The molecule has 0 aromatic heterocycles. The van der Waals surface area contributed by atoms with Gasteiger partial charge in [-0.25, -0.2) is 0 Å². The number of aromatic hydroxyl groups is 1. The number of carbonyl (C=O) groups excluding carboxylic acids is 2. The molecular formula is C13H15IO4. The van der Waals surface area contributed by atoms with Crippen molar-refractivity contribution in [1.82, 2.24) is 0 Å². The number of ketones is 1. The van der Waals surface area contributed by atoms with Gasteiger partial charge in [-0.05, 0) is 18.6 Å². The topological polar surface area (TPSA) is 63.6 Å². The fourth-order valence-electron chi connectivity index (χ4n) is 1.45. The largest absolute Gasteiger partial charge is 0.507 e. The summed E-state index contributed by atoms with van der Waals surface area (Å²) in [6.45, 7) is 5.26. The average molecular weight is 362 g/mol. The maximum absolute atomic E-state index is 11.8. The van der Waals surface area contributed by atoms with Crippen LogP contribution in [-0.2, 0) is 4.79 Å². The van der Waals surface area contributed by atoms with Crippen LogP contribution >= 0.6 is 22.6 Å². The molecule has 4 nitrogen and oxygen atoms in total. The van der Waals surface area contributed by atoms with Crippen LogP contribution in [0.25, 0.3) is 0 Å². The number of alkyl halides is 1. The summed E-state index contributed by atoms with van der Waals surface area (Å²) in [5.74, 6) is -0.591. The number of carbonyl (C=O) groups is 2. The minimum absolute atomic E-state index is 0.137. The first kappa shape index (κ1) is 14.9. The monoisotopic (exact) mass is 362 g/mol. The molecule has 18 heavy (non-hydrogen) atoms. The first-order valence-electron chi connectivity index (χ1n) is 5.51. The van der Waals surface area contributed by atoms with Crippen molar-refractivity contribution in [3.05, 3.63) is 23.3 Å². The first-order chi connectivity index (χ1) is 8.36. The van der Waals surface area contributed by atoms with Crippen LogP contribution in [0.3, 0.4) is 0 Å². The highest BCUT2D eigenvalue weighted by Gasteiger charge is 2.18. The summed E-state index contributed by atoms with van der Waals surface area (Å²) in [5.41, 5.74) is 0.909. The normalized spacial score (nSPS) is 10.5. The van der Waals surface area contributed by atoms with Crippen LogP contribution < -0.4 is 4.74 Å². The second-order valence-electron chi connectivity index (χ2n) is 4.26. The Labute approximate surface area is 119 Å². The fraction of sp³-hybridized carbons (Fsp3) is 0.385. The first-order valence-corrected chi connectivity index (χ1v) is 7.03. The molecule has 0 saturated heterocycles. The van der Waals surface area contributed by atoms with Gasteiger partial charge in [0.15, 0.2) is 5.78 Å². The number of hydrogen-bond acceptors (Lipinski definition) is 4. The van der Waals surface area contributed by atoms with Gasteiger partial charge in [-0.2, -0.15) is 0 Å². The molecule has 0 aliphatic rings. The number of benzene rings is 1. The second-order valence-corrected chi connectivity index (χ2v) is 5.02. The third-order valence-corrected chi connectivity index (χ3v) is 3.04. The lowest BCUT2D eigenvalue weighted by molar-refractivity contribution is -0.131. The Hall–Kier alpha value is -1.11. The summed E-state index contributed by atoms with van der Waals surface area (Å²) in [5, 5.41) is 9.81. The molecule has 0 amide bonds. The predicted octanol–water partition coefficient (Wildman–Crippen LogP) is 2.88. The average Bonchev–Trinajstić information content (AvgIpc) is 2.32. The van der Waals surface area contributed by atoms with Gasteiger partial charge in [0.05, 0.1) is 9.99 Å². The van der Waals surface area contributed by atoms with E-state index in [0.29, 0.717) is 5.56 Å². The summed E-state index contributed by atoms with van der Waals surface area (Å²) in [6, 6.07) is 2.86. The van der Waals surface area contributed by atoms with Crippen LogP contribution in [0.4, 0.5) is 0 Å². The molecule has 98 valence electrons. The van der Waals surface area contributed by atoms with Crippen molar-refractivity contribution in [3.63, 3.8) is 0 Å². The highest BCUT2D eigenvalue weighted by atomic mass is 127. The van der Waals surface area contributed by atoms with Crippen LogP contribution in [0.15, 0.2) is 12.1 Å². The Bertz CT molecular complexity index is 480. The standard InChI is InChI=1S/C13H15IO4/c1-7(2)13(17)9-4-8(3)11(5-10(9)15)18-12(16)6-14/h4-5,7,15H,6H2,1-3H3. The summed E-state index contributed by atoms with van der Waals surface area (Å²) < 4.78 is 5.28. The van der Waals surface area contributed by atoms with Gasteiger partial charge in [-0.15, -0.1) is 0 Å². The SMILES string of the molecule is Cc1cc(C(=O)C(C)C)c(O)cc1OC(=O)CI. The van der Waals surface area contributed by atoms with Crippen molar-refractivity contribution in [2.45, 2.75) is 20.8 Å². The molecule has 0 fully saturated rings. The summed E-state index contributed by atoms with van der Waals surface area (Å²) in [7, 11) is 0. The van der Waals surface area contributed by atoms with Crippen molar-refractivity contribution in [2.24, 2.45) is 5.92 Å². The lowest BCUT2D eigenvalue weighted by Gasteiger charge is -2.11. The van der Waals surface area contributed by atoms with Crippen LogP contribution in [0.2, 0.25) is 0 Å². The molecule has 1 aromatic rings. The molecule has 0 atom stereocenters. The fourth-order valence-corrected chi connectivity index (χ4v) is 1.60. The predicted molar refractivity (Wildman–Crippen MR) is 76.5 cm³/mol. The number of esters is 1. The molecule has 1 aromatic carbocycles. The van der Waals surface area contributed by atoms with Gasteiger partial charge in [0.1, 0.15) is 11.5 Å². The van der Waals surface area contributed by atoms with E-state index in [0.717, 1.165) is 0 Å². The molecule has 0 aliphatic carbocycles. The third-order valence-electron chi connectivity index (χ3n) is 2.42. The zero-order chi connectivity index (χ0) is 13.9. The minimum Gasteiger partial charge on any atom is -0.507 e. The molecule has 5 heteroatoms. The maximum atomic E-state index is 11.8. The molecular weight excluding hydrogens is 347 g/mol. The minimum atomic E-state index is -0.388. The Kier molecular flexibility index (Phi) is 5.13. The van der Waals surface area contributed by atoms with Gasteiger partial charge >= 0.3 is 5.97 Å². The van der Waals surface area contributed by atoms with E-state index >= 15 is 0 Å². The van der Waals surface area contributed by atoms with E-state index in [-0.39, 0.29) is 39.2 Å². The molecule has 0 aliphatic heterocycles. The highest BCUT2D eigenvalue weighted by Crippen LogP contribution is 2.29. The second kappa shape index (κ2) is 6.17. The molecule has 0 heterocycles. The summed E-state index contributed by atoms with van der Waals surface area (Å²) in [6.07, 6.45) is 0. The van der Waals surface area contributed by atoms with Gasteiger partial charge < -0.3 is 9.84 Å². The van der Waals surface area contributed by atoms with Gasteiger partial charge in [-0.3, -0.25) is 9.59 Å². The zero-order valence-corrected chi connectivity index (χ0v) is 12.6. The van der Waals surface area contributed by atoms with Gasteiger partial charge in [0.2, 0.25) is 0 Å². The lowest BCUT2D eigenvalue weighted by Crippen LogP contribution is -2.11. The van der Waals surface area contributed by atoms with Gasteiger partial charge in [0.25, 0.3) is 0 Å². The van der Waals surface area contributed by atoms with E-state index in [4.69, 9.17) is 4.74 Å². The number of hydrogen-bond donors (Lipinski definition) is 1. The lowest BCUT2D eigenvalue weighted by atomic mass is 9.98. The van der Waals surface area contributed by atoms with Crippen molar-refractivity contribution < 1.29 is 19.4 Å². The number of phenolic OH excluding ortho intramolecular Hbond substituents is 1. The van der Waals surface area contributed by atoms with Gasteiger partial charge in [-0.1, -0.05) is 36.4 Å². The van der Waals surface area contributed by atoms with E-state index in [1.165, 1.54) is 6.07 Å². The number of ether oxygens (including phenoxy) is 1. The molecule has 0 saturated carbocycles. The quantitative estimate of drug-likeness (QED) is 0.294. The Morgan fingerprint density at radius 2 is 2.00 bits per heavy atom. The third kappa shape index (κ3) is 3.44. The highest BCUT2D eigenvalue weighted by molar-refractivity contribution is 14.1. The molecule has 0 unspecified atom stereocenters. The number of Topliss-reactive ketones (excluding diaryl/α,β-unsaturated/α-hetero) is 1. The Morgan fingerprint density at radius 1 is 1.39 bits per heavy atom. The number of phenols is 1. The van der Waals surface area contributed by atoms with Crippen LogP contribution in [0.5, 0.6) is 11.5 Å². The summed E-state index contributed by atoms with van der Waals surface area (Å²) in [4.78, 5) is 23.0. The van der Waals surface area contributed by atoms with Crippen molar-refractivity contribution in [1.29, 1.82) is 0 Å². The van der Waals surface area contributed by atoms with Crippen molar-refractivity contribution in [3.8, 4) is 11.5 Å². The van der Waals surface area contributed by atoms with E-state index in [1.807, 2.05) is 22.6 Å². The van der Waals surface area contributed by atoms with E-state index in [9.17, 15) is 14.7 Å². The number of rotatable bonds is 4. The maximum Gasteiger partial charge on any atom is 0.321 e. The summed E-state index contributed by atoms with van der Waals surface area (Å²) >= 11 is 1.90. The van der Waals surface area contributed by atoms with E-state index in [2.05, 4.69) is 0 Å². The zero-order valence-electron chi connectivity index (χ0n) is 10.5. The Morgan fingerprint density at radius 3 is 2.50 bits per heavy atom. The Balaban J connectivity index is 3.12. The van der Waals surface area contributed by atoms with Crippen molar-refractivity contribution >= 4 is 34.3 Å². The van der Waals surface area contributed by atoms with E-state index < -0.39 is 0 Å². The van der Waals surface area contributed by atoms with Crippen LogP contribution in [-0.4, -0.2) is 21.3 Å². The van der Waals surface area contributed by atoms with Crippen molar-refractivity contribution in [2.75, 3.05) is 4.43 Å². The van der Waals surface area contributed by atoms with Gasteiger partial charge in [0, 0.05) is 12.0 Å². The molecule has 1 N–H and O–H groups in total. The van der Waals surface area contributed by atoms with Crippen LogP contribution in [0, 0.1) is 12.8 Å². The molecule has 0 radical (unpaired) electrons. The van der Waals surface area contributed by atoms with Crippen LogP contribution in [0.1, 0.15) is 29.8 Å².